The number of hydrogen-bond acceptors (Lipinski definition) is 1. The van der Waals surface area contributed by atoms with Gasteiger partial charge in [-0.1, -0.05) is 49.6 Å². The van der Waals surface area contributed by atoms with Crippen LogP contribution in [0.3, 0.4) is 0 Å². The first-order valence-electron chi connectivity index (χ1n) is 5.70. The lowest BCUT2D eigenvalue weighted by Crippen LogP contribution is -2.47. The van der Waals surface area contributed by atoms with Crippen LogP contribution in [0.25, 0.3) is 0 Å². The van der Waals surface area contributed by atoms with E-state index < -0.39 is 9.29 Å². The fraction of sp³-hybridized carbons (Fsp3) is 0.500. The van der Waals surface area contributed by atoms with Crippen molar-refractivity contribution in [3.05, 3.63) is 30.3 Å². The second kappa shape index (κ2) is 5.42. The van der Waals surface area contributed by atoms with E-state index in [1.54, 1.807) is 0 Å². The molecule has 0 bridgehead atoms. The standard InChI is InChI=1S/C12H17FNSi/c13-15(12-9-5-2-6-10-12)14-11-7-3-1-4-8-11/h2,5-6,9-11,14H,1,3-4,7-8H2. The second-order valence-electron chi connectivity index (χ2n) is 4.16. The van der Waals surface area contributed by atoms with Crippen LogP contribution < -0.4 is 10.2 Å². The van der Waals surface area contributed by atoms with E-state index in [-0.39, 0.29) is 0 Å². The molecular weight excluding hydrogens is 205 g/mol. The molecular formula is C12H17FNSi. The van der Waals surface area contributed by atoms with E-state index >= 15 is 0 Å². The molecule has 0 amide bonds. The summed E-state index contributed by atoms with van der Waals surface area (Å²) in [6.07, 6.45) is 6.11. The zero-order chi connectivity index (χ0) is 10.5. The van der Waals surface area contributed by atoms with Gasteiger partial charge < -0.3 is 4.98 Å². The highest BCUT2D eigenvalue weighted by Gasteiger charge is 2.21. The fourth-order valence-corrected chi connectivity index (χ4v) is 3.39. The van der Waals surface area contributed by atoms with Crippen molar-refractivity contribution in [3.63, 3.8) is 0 Å². The third-order valence-corrected chi connectivity index (χ3v) is 4.47. The minimum atomic E-state index is -2.02. The molecule has 15 heavy (non-hydrogen) atoms. The molecule has 1 aliphatic carbocycles. The summed E-state index contributed by atoms with van der Waals surface area (Å²) in [4.78, 5) is 3.17. The zero-order valence-corrected chi connectivity index (χ0v) is 9.88. The molecule has 1 aromatic rings. The summed E-state index contributed by atoms with van der Waals surface area (Å²) in [6.45, 7) is 0. The Morgan fingerprint density at radius 3 is 2.40 bits per heavy atom. The Bertz CT molecular complexity index is 285. The maximum Gasteiger partial charge on any atom is 0.393 e. The molecule has 0 aliphatic heterocycles. The Kier molecular flexibility index (Phi) is 3.91. The number of rotatable bonds is 3. The maximum atomic E-state index is 13.9. The van der Waals surface area contributed by atoms with E-state index in [9.17, 15) is 4.11 Å². The molecule has 1 aliphatic rings. The van der Waals surface area contributed by atoms with Gasteiger partial charge >= 0.3 is 9.29 Å². The predicted octanol–water partition coefficient (Wildman–Crippen LogP) is 2.27. The highest BCUT2D eigenvalue weighted by atomic mass is 28.3. The van der Waals surface area contributed by atoms with Crippen LogP contribution in [0.4, 0.5) is 4.11 Å². The molecule has 0 heterocycles. The Labute approximate surface area is 92.6 Å². The molecule has 1 fully saturated rings. The van der Waals surface area contributed by atoms with Gasteiger partial charge in [0.2, 0.25) is 0 Å². The van der Waals surface area contributed by atoms with Gasteiger partial charge in [-0.2, -0.15) is 0 Å². The monoisotopic (exact) mass is 222 g/mol. The summed E-state index contributed by atoms with van der Waals surface area (Å²) >= 11 is 0. The first-order chi connectivity index (χ1) is 7.36. The molecule has 1 radical (unpaired) electrons. The van der Waals surface area contributed by atoms with E-state index in [2.05, 4.69) is 4.98 Å². The van der Waals surface area contributed by atoms with Crippen LogP contribution in [0.15, 0.2) is 30.3 Å². The van der Waals surface area contributed by atoms with Gasteiger partial charge in [0.05, 0.1) is 0 Å². The summed E-state index contributed by atoms with van der Waals surface area (Å²) in [5, 5.41) is 0.841. The third kappa shape index (κ3) is 3.14. The lowest BCUT2D eigenvalue weighted by atomic mass is 9.96. The maximum absolute atomic E-state index is 13.9. The van der Waals surface area contributed by atoms with Gasteiger partial charge in [-0.05, 0) is 18.0 Å². The quantitative estimate of drug-likeness (QED) is 0.611. The molecule has 1 N–H and O–H groups in total. The number of halogens is 1. The van der Waals surface area contributed by atoms with E-state index in [0.29, 0.717) is 6.04 Å². The van der Waals surface area contributed by atoms with Crippen LogP contribution >= 0.6 is 0 Å². The zero-order valence-electron chi connectivity index (χ0n) is 8.88. The minimum Gasteiger partial charge on any atom is -0.305 e. The molecule has 0 aromatic heterocycles. The molecule has 0 atom stereocenters. The van der Waals surface area contributed by atoms with Crippen molar-refractivity contribution < 1.29 is 4.11 Å². The molecule has 2 rings (SSSR count). The Hall–Kier alpha value is -0.673. The van der Waals surface area contributed by atoms with Crippen molar-refractivity contribution in [3.8, 4) is 0 Å². The van der Waals surface area contributed by atoms with Crippen molar-refractivity contribution in [2.45, 2.75) is 38.1 Å². The average Bonchev–Trinajstić information content (AvgIpc) is 2.31. The largest absolute Gasteiger partial charge is 0.393 e. The van der Waals surface area contributed by atoms with Gasteiger partial charge in [-0.25, -0.2) is 0 Å². The summed E-state index contributed by atoms with van der Waals surface area (Å²) in [5.41, 5.74) is 0. The SMILES string of the molecule is F[Si](NC1CCCCC1)c1ccccc1. The minimum absolute atomic E-state index is 0.415. The van der Waals surface area contributed by atoms with Crippen molar-refractivity contribution in [2.24, 2.45) is 0 Å². The van der Waals surface area contributed by atoms with Crippen LogP contribution in [0.2, 0.25) is 0 Å². The summed E-state index contributed by atoms with van der Waals surface area (Å²) < 4.78 is 13.9. The van der Waals surface area contributed by atoms with E-state index in [4.69, 9.17) is 0 Å². The molecule has 1 saturated carbocycles. The molecule has 0 saturated heterocycles. The van der Waals surface area contributed by atoms with Crippen LogP contribution in [0.5, 0.6) is 0 Å². The molecule has 0 spiro atoms. The Morgan fingerprint density at radius 1 is 1.07 bits per heavy atom. The van der Waals surface area contributed by atoms with Gasteiger partial charge in [0.15, 0.2) is 0 Å². The fourth-order valence-electron chi connectivity index (χ4n) is 2.09. The summed E-state index contributed by atoms with van der Waals surface area (Å²) in [7, 11) is -2.02. The highest BCUT2D eigenvalue weighted by molar-refractivity contribution is 6.64. The molecule has 1 nitrogen and oxygen atoms in total. The van der Waals surface area contributed by atoms with Crippen molar-refractivity contribution >= 4 is 14.5 Å². The predicted molar refractivity (Wildman–Crippen MR) is 62.9 cm³/mol. The first kappa shape index (κ1) is 10.8. The Morgan fingerprint density at radius 2 is 1.73 bits per heavy atom. The van der Waals surface area contributed by atoms with Crippen LogP contribution in [-0.4, -0.2) is 15.3 Å². The molecule has 81 valence electrons. The van der Waals surface area contributed by atoms with Gasteiger partial charge in [0.25, 0.3) is 0 Å². The topological polar surface area (TPSA) is 12.0 Å². The van der Waals surface area contributed by atoms with E-state index in [1.807, 2.05) is 30.3 Å². The van der Waals surface area contributed by atoms with Crippen LogP contribution in [-0.2, 0) is 0 Å². The van der Waals surface area contributed by atoms with E-state index in [0.717, 1.165) is 18.0 Å². The van der Waals surface area contributed by atoms with Crippen molar-refractivity contribution in [2.75, 3.05) is 0 Å². The second-order valence-corrected chi connectivity index (χ2v) is 5.65. The number of hydrogen-bond donors (Lipinski definition) is 1. The van der Waals surface area contributed by atoms with E-state index in [1.165, 1.54) is 19.3 Å². The van der Waals surface area contributed by atoms with Crippen LogP contribution in [0.1, 0.15) is 32.1 Å². The highest BCUT2D eigenvalue weighted by Crippen LogP contribution is 2.17. The smallest absolute Gasteiger partial charge is 0.305 e. The number of nitrogens with one attached hydrogen (secondary N) is 1. The Balaban J connectivity index is 1.88. The number of benzene rings is 1. The van der Waals surface area contributed by atoms with Gasteiger partial charge in [0, 0.05) is 6.04 Å². The van der Waals surface area contributed by atoms with Gasteiger partial charge in [-0.3, -0.25) is 4.11 Å². The lowest BCUT2D eigenvalue weighted by molar-refractivity contribution is 0.411. The molecule has 3 heteroatoms. The first-order valence-corrected chi connectivity index (χ1v) is 7.08. The average molecular weight is 222 g/mol. The normalized spacial score (nSPS) is 18.3. The lowest BCUT2D eigenvalue weighted by Gasteiger charge is -2.23. The van der Waals surface area contributed by atoms with Gasteiger partial charge in [0.1, 0.15) is 0 Å². The summed E-state index contributed by atoms with van der Waals surface area (Å²) in [6, 6.07) is 9.91. The summed E-state index contributed by atoms with van der Waals surface area (Å²) in [5.74, 6) is 0. The van der Waals surface area contributed by atoms with Crippen LogP contribution in [0, 0.1) is 0 Å². The van der Waals surface area contributed by atoms with Crippen molar-refractivity contribution in [1.29, 1.82) is 0 Å². The third-order valence-electron chi connectivity index (χ3n) is 2.96. The molecule has 0 unspecified atom stereocenters. The molecule has 1 aromatic carbocycles. The van der Waals surface area contributed by atoms with Gasteiger partial charge in [-0.15, -0.1) is 0 Å². The van der Waals surface area contributed by atoms with Crippen molar-refractivity contribution in [1.82, 2.24) is 4.98 Å².